The van der Waals surface area contributed by atoms with E-state index in [0.717, 1.165) is 42.2 Å². The molecule has 0 aliphatic carbocycles. The Labute approximate surface area is 198 Å². The first-order valence-corrected chi connectivity index (χ1v) is 11.5. The van der Waals surface area contributed by atoms with Crippen molar-refractivity contribution in [3.8, 4) is 11.5 Å². The van der Waals surface area contributed by atoms with E-state index in [2.05, 4.69) is 46.0 Å². The summed E-state index contributed by atoms with van der Waals surface area (Å²) in [5.41, 5.74) is 4.00. The Bertz CT molecular complexity index is 1280. The quantitative estimate of drug-likeness (QED) is 0.439. The summed E-state index contributed by atoms with van der Waals surface area (Å²) in [7, 11) is 1.61. The molecule has 2 heterocycles. The number of fused-ring (bicyclic) bond motifs is 3. The fourth-order valence-corrected chi connectivity index (χ4v) is 4.41. The van der Waals surface area contributed by atoms with E-state index < -0.39 is 0 Å². The number of hydrogen-bond donors (Lipinski definition) is 1. The van der Waals surface area contributed by atoms with Crippen LogP contribution in [0, 0.1) is 0 Å². The molecule has 0 saturated carbocycles. The van der Waals surface area contributed by atoms with Crippen LogP contribution in [0.1, 0.15) is 24.4 Å². The number of ether oxygens (including phenoxy) is 2. The zero-order valence-electron chi connectivity index (χ0n) is 19.4. The number of hydrogen-bond acceptors (Lipinski definition) is 5. The lowest BCUT2D eigenvalue weighted by atomic mass is 10.1. The summed E-state index contributed by atoms with van der Waals surface area (Å²) in [6, 6.07) is 23.9. The first-order valence-electron chi connectivity index (χ1n) is 11.5. The van der Waals surface area contributed by atoms with Crippen LogP contribution in [-0.2, 0) is 17.9 Å². The van der Waals surface area contributed by atoms with Gasteiger partial charge in [0.05, 0.1) is 24.7 Å². The molecule has 0 radical (unpaired) electrons. The summed E-state index contributed by atoms with van der Waals surface area (Å²) in [5, 5.41) is 2.91. The lowest BCUT2D eigenvalue weighted by molar-refractivity contribution is -0.118. The van der Waals surface area contributed by atoms with E-state index >= 15 is 0 Å². The Kier molecular flexibility index (Phi) is 6.18. The molecule has 1 atom stereocenters. The van der Waals surface area contributed by atoms with Gasteiger partial charge in [-0.25, -0.2) is 4.98 Å². The third-order valence-corrected chi connectivity index (χ3v) is 6.33. The van der Waals surface area contributed by atoms with Crippen LogP contribution in [0.15, 0.2) is 72.8 Å². The van der Waals surface area contributed by atoms with Crippen molar-refractivity contribution in [2.24, 2.45) is 0 Å². The summed E-state index contributed by atoms with van der Waals surface area (Å²) in [6.07, 6.45) is 0. The summed E-state index contributed by atoms with van der Waals surface area (Å²) in [5.74, 6) is 2.19. The summed E-state index contributed by atoms with van der Waals surface area (Å²) in [4.78, 5) is 19.7. The maximum absolute atomic E-state index is 12.4. The fraction of sp³-hybridized carbons (Fsp3) is 0.259. The largest absolute Gasteiger partial charge is 0.497 e. The highest BCUT2D eigenvalue weighted by atomic mass is 16.5. The number of imidazole rings is 1. The lowest BCUT2D eigenvalue weighted by Crippen LogP contribution is -2.35. The van der Waals surface area contributed by atoms with Crippen molar-refractivity contribution in [1.82, 2.24) is 14.5 Å². The molecule has 1 aromatic heterocycles. The molecule has 174 valence electrons. The van der Waals surface area contributed by atoms with Crippen molar-refractivity contribution >= 4 is 22.6 Å². The highest BCUT2D eigenvalue weighted by Crippen LogP contribution is 2.28. The lowest BCUT2D eigenvalue weighted by Gasteiger charge is -2.33. The molecule has 5 rings (SSSR count). The van der Waals surface area contributed by atoms with Gasteiger partial charge in [-0.15, -0.1) is 0 Å². The van der Waals surface area contributed by atoms with Gasteiger partial charge in [-0.2, -0.15) is 0 Å². The topological polar surface area (TPSA) is 68.6 Å². The van der Waals surface area contributed by atoms with Crippen LogP contribution >= 0.6 is 0 Å². The van der Waals surface area contributed by atoms with E-state index in [1.54, 1.807) is 31.4 Å². The van der Waals surface area contributed by atoms with Gasteiger partial charge < -0.3 is 19.4 Å². The second kappa shape index (κ2) is 9.57. The maximum Gasteiger partial charge on any atom is 0.262 e. The third-order valence-electron chi connectivity index (χ3n) is 6.33. The van der Waals surface area contributed by atoms with E-state index in [4.69, 9.17) is 14.5 Å². The number of carbonyl (C=O) groups is 1. The molecule has 3 aromatic carbocycles. The van der Waals surface area contributed by atoms with Crippen molar-refractivity contribution in [3.63, 3.8) is 0 Å². The SMILES string of the molecule is COc1ccc(OCC(=O)Nc2ccc3c(c2)nc2n3CCN(C(C)c3ccccc3)C2)cc1. The van der Waals surface area contributed by atoms with Crippen molar-refractivity contribution in [3.05, 3.63) is 84.2 Å². The van der Waals surface area contributed by atoms with Gasteiger partial charge in [-0.1, -0.05) is 30.3 Å². The molecule has 1 aliphatic heterocycles. The number of rotatable bonds is 7. The van der Waals surface area contributed by atoms with E-state index in [1.165, 1.54) is 5.56 Å². The van der Waals surface area contributed by atoms with Crippen molar-refractivity contribution in [2.75, 3.05) is 25.6 Å². The first kappa shape index (κ1) is 22.0. The molecular formula is C27H28N4O3. The van der Waals surface area contributed by atoms with Gasteiger partial charge in [0.25, 0.3) is 5.91 Å². The second-order valence-electron chi connectivity index (χ2n) is 8.45. The summed E-state index contributed by atoms with van der Waals surface area (Å²) < 4.78 is 13.0. The number of nitrogens with zero attached hydrogens (tertiary/aromatic N) is 3. The van der Waals surface area contributed by atoms with Crippen molar-refractivity contribution in [1.29, 1.82) is 0 Å². The van der Waals surface area contributed by atoms with Crippen LogP contribution in [0.2, 0.25) is 0 Å². The Morgan fingerprint density at radius 1 is 1.03 bits per heavy atom. The molecule has 0 saturated heterocycles. The van der Waals surface area contributed by atoms with Crippen LogP contribution in [0.4, 0.5) is 5.69 Å². The molecule has 4 aromatic rings. The number of aromatic nitrogens is 2. The molecule has 34 heavy (non-hydrogen) atoms. The molecule has 1 N–H and O–H groups in total. The van der Waals surface area contributed by atoms with E-state index in [0.29, 0.717) is 17.5 Å². The monoisotopic (exact) mass is 456 g/mol. The number of methoxy groups -OCH3 is 1. The van der Waals surface area contributed by atoms with Gasteiger partial charge >= 0.3 is 0 Å². The molecule has 7 heteroatoms. The van der Waals surface area contributed by atoms with Gasteiger partial charge in [0.15, 0.2) is 6.61 Å². The number of anilines is 1. The minimum Gasteiger partial charge on any atom is -0.497 e. The summed E-state index contributed by atoms with van der Waals surface area (Å²) >= 11 is 0. The van der Waals surface area contributed by atoms with Gasteiger partial charge in [0.1, 0.15) is 17.3 Å². The number of amides is 1. The standard InChI is InChI=1S/C27H28N4O3/c1-19(20-6-4-3-5-7-20)30-14-15-31-25-13-8-21(16-24(25)29-26(31)17-30)28-27(32)18-34-23-11-9-22(33-2)10-12-23/h3-13,16,19H,14-15,17-18H2,1-2H3,(H,28,32). The molecule has 1 amide bonds. The first-order chi connectivity index (χ1) is 16.6. The third kappa shape index (κ3) is 4.61. The Morgan fingerprint density at radius 2 is 1.79 bits per heavy atom. The van der Waals surface area contributed by atoms with Gasteiger partial charge in [0, 0.05) is 24.8 Å². The molecule has 0 fully saturated rings. The minimum atomic E-state index is -0.220. The Balaban J connectivity index is 1.24. The van der Waals surface area contributed by atoms with Crippen LogP contribution in [-0.4, -0.2) is 40.6 Å². The fourth-order valence-electron chi connectivity index (χ4n) is 4.41. The van der Waals surface area contributed by atoms with Gasteiger partial charge in [0.2, 0.25) is 0 Å². The average molecular weight is 457 g/mol. The zero-order valence-corrected chi connectivity index (χ0v) is 19.4. The number of benzene rings is 3. The van der Waals surface area contributed by atoms with Crippen LogP contribution in [0.3, 0.4) is 0 Å². The Morgan fingerprint density at radius 3 is 2.56 bits per heavy atom. The second-order valence-corrected chi connectivity index (χ2v) is 8.45. The van der Waals surface area contributed by atoms with Crippen LogP contribution in [0.25, 0.3) is 11.0 Å². The molecule has 0 bridgehead atoms. The Hall–Kier alpha value is -3.84. The molecular weight excluding hydrogens is 428 g/mol. The zero-order chi connectivity index (χ0) is 23.5. The van der Waals surface area contributed by atoms with Crippen molar-refractivity contribution in [2.45, 2.75) is 26.1 Å². The van der Waals surface area contributed by atoms with E-state index in [-0.39, 0.29) is 12.5 Å². The number of nitrogens with one attached hydrogen (secondary N) is 1. The minimum absolute atomic E-state index is 0.0730. The predicted octanol–water partition coefficient (Wildman–Crippen LogP) is 4.64. The average Bonchev–Trinajstić information content (AvgIpc) is 3.24. The smallest absolute Gasteiger partial charge is 0.262 e. The summed E-state index contributed by atoms with van der Waals surface area (Å²) in [6.45, 7) is 4.83. The predicted molar refractivity (Wildman–Crippen MR) is 132 cm³/mol. The van der Waals surface area contributed by atoms with Crippen LogP contribution < -0.4 is 14.8 Å². The maximum atomic E-state index is 12.4. The molecule has 0 spiro atoms. The van der Waals surface area contributed by atoms with E-state index in [9.17, 15) is 4.79 Å². The van der Waals surface area contributed by atoms with Gasteiger partial charge in [-0.3, -0.25) is 9.69 Å². The molecule has 1 unspecified atom stereocenters. The molecule has 1 aliphatic rings. The highest BCUT2D eigenvalue weighted by Gasteiger charge is 2.24. The normalized spacial score (nSPS) is 14.4. The van der Waals surface area contributed by atoms with Gasteiger partial charge in [-0.05, 0) is 55.0 Å². The molecule has 7 nitrogen and oxygen atoms in total. The number of carbonyl (C=O) groups excluding carboxylic acids is 1. The van der Waals surface area contributed by atoms with E-state index in [1.807, 2.05) is 24.3 Å². The highest BCUT2D eigenvalue weighted by molar-refractivity contribution is 5.94. The van der Waals surface area contributed by atoms with Crippen molar-refractivity contribution < 1.29 is 14.3 Å². The van der Waals surface area contributed by atoms with Crippen LogP contribution in [0.5, 0.6) is 11.5 Å².